The zero-order chi connectivity index (χ0) is 16.8. The van der Waals surface area contributed by atoms with Crippen molar-refractivity contribution >= 4 is 22.9 Å². The van der Waals surface area contributed by atoms with Crippen LogP contribution in [0.25, 0.3) is 27.7 Å². The van der Waals surface area contributed by atoms with Crippen LogP contribution >= 0.6 is 0 Å². The van der Waals surface area contributed by atoms with E-state index in [-0.39, 0.29) is 0 Å². The summed E-state index contributed by atoms with van der Waals surface area (Å²) in [6.45, 7) is 5.99. The van der Waals surface area contributed by atoms with Crippen molar-refractivity contribution < 1.29 is 4.79 Å². The molecule has 0 aromatic carbocycles. The highest BCUT2D eigenvalue weighted by Gasteiger charge is 2.10. The average molecular weight is 310 g/mol. The van der Waals surface area contributed by atoms with Crippen LogP contribution in [0.1, 0.15) is 32.8 Å². The van der Waals surface area contributed by atoms with E-state index in [0.29, 0.717) is 6.42 Å². The minimum Gasteiger partial charge on any atom is -0.346 e. The van der Waals surface area contributed by atoms with Crippen LogP contribution in [0, 0.1) is 0 Å². The molecule has 3 aromatic heterocycles. The van der Waals surface area contributed by atoms with Gasteiger partial charge in [-0.05, 0) is 24.1 Å². The summed E-state index contributed by atoms with van der Waals surface area (Å²) < 4.78 is 1.78. The summed E-state index contributed by atoms with van der Waals surface area (Å²) in [5, 5.41) is 5.26. The number of nitrogens with zero attached hydrogens (tertiary/aromatic N) is 3. The summed E-state index contributed by atoms with van der Waals surface area (Å²) >= 11 is 0. The van der Waals surface area contributed by atoms with E-state index in [2.05, 4.69) is 21.1 Å². The third-order valence-corrected chi connectivity index (χ3v) is 3.52. The molecule has 3 aromatic rings. The molecular weight excluding hydrogens is 288 g/mol. The van der Waals surface area contributed by atoms with Crippen LogP contribution in [0.4, 0.5) is 0 Å². The molecule has 3 heterocycles. The fourth-order valence-electron chi connectivity index (χ4n) is 2.36. The number of fused-ring (bicyclic) bond motifs is 1. The lowest BCUT2D eigenvalue weighted by Crippen LogP contribution is -1.85. The second-order valence-corrected chi connectivity index (χ2v) is 5.01. The summed E-state index contributed by atoms with van der Waals surface area (Å²) in [5.74, 6) is 0. The molecule has 0 saturated heterocycles. The first-order chi connectivity index (χ1) is 11.2. The second-order valence-electron chi connectivity index (χ2n) is 5.01. The maximum atomic E-state index is 10.5. The van der Waals surface area contributed by atoms with Crippen molar-refractivity contribution in [2.45, 2.75) is 27.2 Å². The molecule has 0 unspecified atom stereocenters. The number of nitrogens with one attached hydrogen (secondary N) is 1. The van der Waals surface area contributed by atoms with E-state index >= 15 is 0 Å². The Kier molecular flexibility index (Phi) is 5.46. The Labute approximate surface area is 136 Å². The van der Waals surface area contributed by atoms with Crippen molar-refractivity contribution in [1.29, 1.82) is 0 Å². The molecule has 23 heavy (non-hydrogen) atoms. The largest absolute Gasteiger partial charge is 0.346 e. The van der Waals surface area contributed by atoms with Gasteiger partial charge >= 0.3 is 0 Å². The predicted molar refractivity (Wildman–Crippen MR) is 94.0 cm³/mol. The number of pyridine rings is 1. The quantitative estimate of drug-likeness (QED) is 0.741. The van der Waals surface area contributed by atoms with E-state index in [1.54, 1.807) is 4.68 Å². The third-order valence-electron chi connectivity index (χ3n) is 3.52. The maximum Gasteiger partial charge on any atom is 0.137 e. The van der Waals surface area contributed by atoms with Crippen molar-refractivity contribution in [3.05, 3.63) is 42.5 Å². The molecule has 1 N–H and O–H groups in total. The van der Waals surface area contributed by atoms with Gasteiger partial charge in [0.25, 0.3) is 0 Å². The number of aromatic nitrogens is 4. The smallest absolute Gasteiger partial charge is 0.137 e. The number of aldehydes is 1. The minimum atomic E-state index is 0.423. The Hall–Kier alpha value is -2.69. The van der Waals surface area contributed by atoms with Gasteiger partial charge in [0, 0.05) is 48.6 Å². The first-order valence-corrected chi connectivity index (χ1v) is 7.76. The van der Waals surface area contributed by atoms with Gasteiger partial charge in [0.2, 0.25) is 0 Å². The number of allylic oxidation sites excluding steroid dienone is 2. The van der Waals surface area contributed by atoms with Gasteiger partial charge in [-0.1, -0.05) is 19.9 Å². The molecule has 5 heteroatoms. The Morgan fingerprint density at radius 1 is 1.35 bits per heavy atom. The van der Waals surface area contributed by atoms with E-state index in [4.69, 9.17) is 0 Å². The normalized spacial score (nSPS) is 11.2. The average Bonchev–Trinajstić information content (AvgIpc) is 3.19. The summed E-state index contributed by atoms with van der Waals surface area (Å²) in [6, 6.07) is 2.10. The highest BCUT2D eigenvalue weighted by molar-refractivity contribution is 5.94. The SMILES string of the molecule is C/C(=C\CC=O)c1cnc2[nH]cc(-c3cnn(C)c3)c2c1.CC. The number of aryl methyl sites for hydroxylation is 1. The molecule has 0 aliphatic carbocycles. The lowest BCUT2D eigenvalue weighted by molar-refractivity contribution is -0.107. The highest BCUT2D eigenvalue weighted by Crippen LogP contribution is 2.29. The predicted octanol–water partition coefficient (Wildman–Crippen LogP) is 3.98. The monoisotopic (exact) mass is 310 g/mol. The van der Waals surface area contributed by atoms with E-state index < -0.39 is 0 Å². The molecular formula is C18H22N4O. The number of carbonyl (C=O) groups is 1. The Morgan fingerprint density at radius 2 is 2.13 bits per heavy atom. The molecule has 0 amide bonds. The van der Waals surface area contributed by atoms with Crippen LogP contribution in [0.15, 0.2) is 36.9 Å². The molecule has 5 nitrogen and oxygen atoms in total. The van der Waals surface area contributed by atoms with Crippen LogP contribution in [0.5, 0.6) is 0 Å². The molecule has 0 aliphatic heterocycles. The number of carbonyl (C=O) groups excluding carboxylic acids is 1. The fraction of sp³-hybridized carbons (Fsp3) is 0.278. The van der Waals surface area contributed by atoms with Crippen molar-refractivity contribution in [3.8, 4) is 11.1 Å². The Bertz CT molecular complexity index is 827. The molecule has 0 radical (unpaired) electrons. The van der Waals surface area contributed by atoms with Crippen LogP contribution in [0.3, 0.4) is 0 Å². The van der Waals surface area contributed by atoms with Crippen molar-refractivity contribution in [3.63, 3.8) is 0 Å². The Morgan fingerprint density at radius 3 is 2.78 bits per heavy atom. The van der Waals surface area contributed by atoms with Crippen molar-refractivity contribution in [1.82, 2.24) is 19.7 Å². The van der Waals surface area contributed by atoms with Crippen LogP contribution in [-0.4, -0.2) is 26.0 Å². The summed E-state index contributed by atoms with van der Waals surface area (Å²) in [7, 11) is 1.90. The number of H-pyrrole nitrogens is 1. The number of aromatic amines is 1. The van der Waals surface area contributed by atoms with Gasteiger partial charge in [-0.25, -0.2) is 4.98 Å². The molecule has 3 rings (SSSR count). The highest BCUT2D eigenvalue weighted by atomic mass is 16.1. The number of rotatable bonds is 4. The first-order valence-electron chi connectivity index (χ1n) is 7.76. The fourth-order valence-corrected chi connectivity index (χ4v) is 2.36. The summed E-state index contributed by atoms with van der Waals surface area (Å²) in [5.41, 5.74) is 5.05. The lowest BCUT2D eigenvalue weighted by atomic mass is 10.0. The molecule has 0 saturated carbocycles. The first kappa shape index (κ1) is 16.7. The van der Waals surface area contributed by atoms with E-state index in [9.17, 15) is 4.79 Å². The van der Waals surface area contributed by atoms with Crippen molar-refractivity contribution in [2.24, 2.45) is 7.05 Å². The minimum absolute atomic E-state index is 0.423. The zero-order valence-corrected chi connectivity index (χ0v) is 14.0. The topological polar surface area (TPSA) is 63.6 Å². The molecule has 0 spiro atoms. The number of hydrogen-bond donors (Lipinski definition) is 1. The van der Waals surface area contributed by atoms with Gasteiger partial charge in [-0.2, -0.15) is 5.10 Å². The van der Waals surface area contributed by atoms with E-state index in [1.165, 1.54) is 0 Å². The van der Waals surface area contributed by atoms with Crippen LogP contribution in [-0.2, 0) is 11.8 Å². The summed E-state index contributed by atoms with van der Waals surface area (Å²) in [4.78, 5) is 18.1. The van der Waals surface area contributed by atoms with Gasteiger partial charge in [0.15, 0.2) is 0 Å². The second kappa shape index (κ2) is 7.54. The molecule has 0 aliphatic rings. The van der Waals surface area contributed by atoms with Crippen LogP contribution in [0.2, 0.25) is 0 Å². The zero-order valence-electron chi connectivity index (χ0n) is 14.0. The van der Waals surface area contributed by atoms with E-state index in [1.807, 2.05) is 58.7 Å². The van der Waals surface area contributed by atoms with Gasteiger partial charge in [-0.3, -0.25) is 4.68 Å². The van der Waals surface area contributed by atoms with Gasteiger partial charge in [0.1, 0.15) is 11.9 Å². The molecule has 120 valence electrons. The molecule has 0 atom stereocenters. The van der Waals surface area contributed by atoms with E-state index in [0.717, 1.165) is 39.6 Å². The van der Waals surface area contributed by atoms with Crippen molar-refractivity contribution in [2.75, 3.05) is 0 Å². The van der Waals surface area contributed by atoms with Gasteiger partial charge in [0.05, 0.1) is 6.20 Å². The standard InChI is InChI=1S/C16H16N4O.C2H6/c1-11(4-3-5-21)12-6-14-15(9-18-16(14)17-7-12)13-8-19-20(2)10-13;1-2/h4-10H,3H2,1-2H3,(H,17,18);1-2H3/b11-4+;. The summed E-state index contributed by atoms with van der Waals surface area (Å²) in [6.07, 6.45) is 10.8. The molecule has 0 fully saturated rings. The lowest BCUT2D eigenvalue weighted by Gasteiger charge is -2.02. The van der Waals surface area contributed by atoms with Gasteiger partial charge < -0.3 is 9.78 Å². The van der Waals surface area contributed by atoms with Crippen LogP contribution < -0.4 is 0 Å². The molecule has 0 bridgehead atoms. The number of hydrogen-bond acceptors (Lipinski definition) is 3. The maximum absolute atomic E-state index is 10.5. The third kappa shape index (κ3) is 3.56. The van der Waals surface area contributed by atoms with Gasteiger partial charge in [-0.15, -0.1) is 0 Å². The Balaban J connectivity index is 0.000000924.